The van der Waals surface area contributed by atoms with Crippen molar-refractivity contribution in [3.8, 4) is 17.2 Å². The molecule has 0 aliphatic carbocycles. The Morgan fingerprint density at radius 1 is 1.20 bits per heavy atom. The molecule has 1 heterocycles. The number of ether oxygens (including phenoxy) is 2. The van der Waals surface area contributed by atoms with Crippen molar-refractivity contribution in [3.63, 3.8) is 0 Å². The number of carbonyl (C=O) groups excluding carboxylic acids is 1. The number of carbonyl (C=O) groups is 1. The minimum absolute atomic E-state index is 0. The number of aryl methyl sites for hydroxylation is 1. The molecule has 0 aliphatic rings. The summed E-state index contributed by atoms with van der Waals surface area (Å²) in [6.07, 6.45) is 0. The first-order valence-electron chi connectivity index (χ1n) is 8.63. The first kappa shape index (κ1) is 25.8. The zero-order chi connectivity index (χ0) is 20.6. The molecule has 0 radical (unpaired) electrons. The Morgan fingerprint density at radius 2 is 1.87 bits per heavy atom. The van der Waals surface area contributed by atoms with Crippen LogP contribution >= 0.6 is 28.3 Å². The molecular weight excluding hydrogens is 478 g/mol. The van der Waals surface area contributed by atoms with Crippen LogP contribution in [0.3, 0.4) is 0 Å². The molecule has 0 amide bonds. The molecule has 0 aliphatic heterocycles. The van der Waals surface area contributed by atoms with Gasteiger partial charge >= 0.3 is 0 Å². The third-order valence-electron chi connectivity index (χ3n) is 4.54. The van der Waals surface area contributed by atoms with Crippen LogP contribution in [0.15, 0.2) is 33.2 Å². The molecule has 30 heavy (non-hydrogen) atoms. The molecule has 0 atom stereocenters. The molecule has 0 saturated carbocycles. The van der Waals surface area contributed by atoms with E-state index in [0.717, 1.165) is 0 Å². The highest BCUT2D eigenvalue weighted by atomic mass is 79.9. The van der Waals surface area contributed by atoms with Crippen molar-refractivity contribution in [2.24, 2.45) is 0 Å². The number of rotatable bonds is 6. The smallest absolute Gasteiger partial charge is 0.201 e. The zero-order valence-electron chi connectivity index (χ0n) is 17.3. The van der Waals surface area contributed by atoms with Crippen LogP contribution in [0.4, 0.5) is 0 Å². The number of phenols is 1. The third kappa shape index (κ3) is 4.57. The lowest BCUT2D eigenvalue weighted by Gasteiger charge is -2.15. The Morgan fingerprint density at radius 3 is 2.43 bits per heavy atom. The molecule has 0 saturated heterocycles. The lowest BCUT2D eigenvalue weighted by molar-refractivity contribution is 0.103. The molecule has 2 aromatic carbocycles. The molecule has 9 heteroatoms. The summed E-state index contributed by atoms with van der Waals surface area (Å²) >= 11 is 3.36. The van der Waals surface area contributed by atoms with Gasteiger partial charge in [-0.25, -0.2) is 0 Å². The predicted molar refractivity (Wildman–Crippen MR) is 122 cm³/mol. The number of furan rings is 1. The summed E-state index contributed by atoms with van der Waals surface area (Å²) in [6.45, 7) is 2.18. The van der Waals surface area contributed by atoms with Crippen molar-refractivity contribution in [2.45, 2.75) is 13.5 Å². The van der Waals surface area contributed by atoms with Gasteiger partial charge in [0, 0.05) is 17.5 Å². The number of aromatic hydroxyl groups is 1. The second-order valence-electron chi connectivity index (χ2n) is 6.73. The average Bonchev–Trinajstić information content (AvgIpc) is 2.99. The van der Waals surface area contributed by atoms with Crippen LogP contribution in [0, 0.1) is 6.92 Å². The zero-order valence-corrected chi connectivity index (χ0v) is 19.7. The molecule has 3 rings (SSSR count). The fourth-order valence-electron chi connectivity index (χ4n) is 3.28. The summed E-state index contributed by atoms with van der Waals surface area (Å²) in [5, 5.41) is 11.2. The van der Waals surface area contributed by atoms with Gasteiger partial charge in [0.05, 0.1) is 29.8 Å². The van der Waals surface area contributed by atoms with E-state index < -0.39 is 0 Å². The van der Waals surface area contributed by atoms with E-state index in [4.69, 9.17) is 13.9 Å². The van der Waals surface area contributed by atoms with Crippen LogP contribution in [-0.4, -0.2) is 49.6 Å². The number of hydrogen-bond donors (Lipinski definition) is 1. The van der Waals surface area contributed by atoms with Crippen molar-refractivity contribution in [2.75, 3.05) is 28.3 Å². The lowest BCUT2D eigenvalue weighted by atomic mass is 9.96. The highest BCUT2D eigenvalue weighted by Gasteiger charge is 2.27. The predicted octanol–water partition coefficient (Wildman–Crippen LogP) is 4.12. The van der Waals surface area contributed by atoms with Crippen molar-refractivity contribution in [1.82, 2.24) is 4.90 Å². The first-order chi connectivity index (χ1) is 13.3. The maximum atomic E-state index is 13.5. The number of methoxy groups -OCH3 is 2. The maximum absolute atomic E-state index is 13.5. The number of hydrogen-bond acceptors (Lipinski definition) is 6. The summed E-state index contributed by atoms with van der Waals surface area (Å²) in [4.78, 5) is 15.4. The fraction of sp³-hybridized carbons (Fsp3) is 0.286. The number of fused-ring (bicyclic) bond motifs is 1. The second kappa shape index (κ2) is 10.2. The Balaban J connectivity index is 0.00000225. The molecule has 164 valence electrons. The number of nitrogens with zero attached hydrogens (tertiary/aromatic N) is 1. The molecule has 3 aromatic rings. The van der Waals surface area contributed by atoms with Gasteiger partial charge in [0.15, 0.2) is 0 Å². The Hall–Kier alpha value is -2.26. The van der Waals surface area contributed by atoms with Crippen molar-refractivity contribution in [3.05, 3.63) is 51.2 Å². The fourth-order valence-corrected chi connectivity index (χ4v) is 3.73. The minimum Gasteiger partial charge on any atom is -0.506 e. The van der Waals surface area contributed by atoms with Gasteiger partial charge in [0.2, 0.25) is 5.78 Å². The summed E-state index contributed by atoms with van der Waals surface area (Å²) in [5.41, 5.74) is 1.92. The van der Waals surface area contributed by atoms with E-state index in [2.05, 4.69) is 15.9 Å². The van der Waals surface area contributed by atoms with Gasteiger partial charge in [-0.3, -0.25) is 4.79 Å². The highest BCUT2D eigenvalue weighted by molar-refractivity contribution is 9.10. The van der Waals surface area contributed by atoms with Crippen molar-refractivity contribution < 1.29 is 29.3 Å². The van der Waals surface area contributed by atoms with E-state index in [1.165, 1.54) is 7.11 Å². The van der Waals surface area contributed by atoms with Crippen LogP contribution in [0.5, 0.6) is 17.2 Å². The van der Waals surface area contributed by atoms with E-state index in [1.807, 2.05) is 19.0 Å². The van der Waals surface area contributed by atoms with Crippen LogP contribution in [0.1, 0.15) is 27.2 Å². The highest BCUT2D eigenvalue weighted by Crippen LogP contribution is 2.41. The minimum atomic E-state index is -0.256. The number of halogens is 2. The van der Waals surface area contributed by atoms with Crippen LogP contribution in [-0.2, 0) is 6.54 Å². The summed E-state index contributed by atoms with van der Waals surface area (Å²) < 4.78 is 17.0. The SMILES string of the molecule is COc1ccc(OC)c(C(=O)c2c(C)oc3cc(Br)c(O)c(CN(C)C)c23)c1.Cl.O. The Bertz CT molecular complexity index is 1060. The monoisotopic (exact) mass is 501 g/mol. The molecule has 0 fully saturated rings. The van der Waals surface area contributed by atoms with Gasteiger partial charge < -0.3 is 29.4 Å². The first-order valence-corrected chi connectivity index (χ1v) is 9.42. The average molecular weight is 503 g/mol. The van der Waals surface area contributed by atoms with Gasteiger partial charge in [0.1, 0.15) is 28.6 Å². The van der Waals surface area contributed by atoms with Gasteiger partial charge in [-0.15, -0.1) is 12.4 Å². The standard InChI is InChI=1S/C21H22BrNO5.ClH.H2O/c1-11-18(21(25)13-8-12(26-4)6-7-16(13)27-5)19-14(10-23(2)3)20(24)15(22)9-17(19)28-11;;/h6-9,24H,10H2,1-5H3;1H;1H2. The van der Waals surface area contributed by atoms with Gasteiger partial charge in [-0.2, -0.15) is 0 Å². The number of benzene rings is 2. The molecular formula is C21H25BrClNO6. The van der Waals surface area contributed by atoms with Gasteiger partial charge in [-0.05, 0) is 61.2 Å². The van der Waals surface area contributed by atoms with Crippen LogP contribution in [0.25, 0.3) is 11.0 Å². The molecule has 3 N–H and O–H groups in total. The molecule has 0 bridgehead atoms. The van der Waals surface area contributed by atoms with E-state index in [0.29, 0.717) is 55.9 Å². The largest absolute Gasteiger partial charge is 0.506 e. The topological polar surface area (TPSA) is 104 Å². The summed E-state index contributed by atoms with van der Waals surface area (Å²) in [5.74, 6) is 1.30. The van der Waals surface area contributed by atoms with Crippen molar-refractivity contribution in [1.29, 1.82) is 0 Å². The van der Waals surface area contributed by atoms with E-state index in [1.54, 1.807) is 38.3 Å². The second-order valence-corrected chi connectivity index (χ2v) is 7.58. The van der Waals surface area contributed by atoms with E-state index in [-0.39, 0.29) is 29.4 Å². The normalized spacial score (nSPS) is 10.5. The number of ketones is 1. The molecule has 7 nitrogen and oxygen atoms in total. The van der Waals surface area contributed by atoms with Crippen LogP contribution < -0.4 is 9.47 Å². The molecule has 0 spiro atoms. The molecule has 1 aromatic heterocycles. The van der Waals surface area contributed by atoms with Gasteiger partial charge in [0.25, 0.3) is 0 Å². The Kier molecular flexibility index (Phi) is 8.74. The van der Waals surface area contributed by atoms with E-state index in [9.17, 15) is 9.90 Å². The van der Waals surface area contributed by atoms with E-state index >= 15 is 0 Å². The number of phenolic OH excluding ortho intramolecular Hbond substituents is 1. The summed E-state index contributed by atoms with van der Waals surface area (Å²) in [7, 11) is 6.84. The summed E-state index contributed by atoms with van der Waals surface area (Å²) in [6, 6.07) is 6.75. The van der Waals surface area contributed by atoms with Crippen LogP contribution in [0.2, 0.25) is 0 Å². The molecule has 0 unspecified atom stereocenters. The maximum Gasteiger partial charge on any atom is 0.201 e. The quantitative estimate of drug-likeness (QED) is 0.509. The third-order valence-corrected chi connectivity index (χ3v) is 5.14. The van der Waals surface area contributed by atoms with Crippen molar-refractivity contribution >= 4 is 45.1 Å². The van der Waals surface area contributed by atoms with Gasteiger partial charge in [-0.1, -0.05) is 0 Å². The Labute approximate surface area is 189 Å². The lowest BCUT2D eigenvalue weighted by Crippen LogP contribution is -2.12.